The molecule has 0 unspecified atom stereocenters. The fourth-order valence-corrected chi connectivity index (χ4v) is 3.75. The molecule has 166 valence electrons. The van der Waals surface area contributed by atoms with E-state index in [1.807, 2.05) is 19.1 Å². The Morgan fingerprint density at radius 2 is 1.67 bits per heavy atom. The molecule has 1 heterocycles. The highest BCUT2D eigenvalue weighted by Crippen LogP contribution is 2.31. The highest BCUT2D eigenvalue weighted by atomic mass is 35.5. The highest BCUT2D eigenvalue weighted by Gasteiger charge is 2.39. The molecule has 0 atom stereocenters. The molecule has 4 rings (SSSR count). The molecule has 1 N–H and O–H groups in total. The van der Waals surface area contributed by atoms with Gasteiger partial charge in [-0.1, -0.05) is 54.4 Å². The molecular weight excluding hydrogens is 463 g/mol. The van der Waals surface area contributed by atoms with Gasteiger partial charge in [-0.2, -0.15) is 0 Å². The maximum atomic E-state index is 12.9. The summed E-state index contributed by atoms with van der Waals surface area (Å²) in [6.45, 7) is 1.98. The first-order chi connectivity index (χ1) is 15.9. The zero-order valence-electron chi connectivity index (χ0n) is 17.5. The van der Waals surface area contributed by atoms with E-state index in [0.717, 1.165) is 16.9 Å². The van der Waals surface area contributed by atoms with Crippen LogP contribution in [0.2, 0.25) is 5.02 Å². The van der Waals surface area contributed by atoms with Crippen LogP contribution < -0.4 is 15.0 Å². The molecular formula is C25H18Cl2N2O4. The van der Waals surface area contributed by atoms with Crippen LogP contribution in [-0.2, 0) is 16.0 Å². The Labute approximate surface area is 200 Å². The van der Waals surface area contributed by atoms with E-state index in [1.165, 1.54) is 6.07 Å². The van der Waals surface area contributed by atoms with E-state index >= 15 is 0 Å². The van der Waals surface area contributed by atoms with Crippen molar-refractivity contribution in [1.29, 1.82) is 0 Å². The predicted molar refractivity (Wildman–Crippen MR) is 128 cm³/mol. The third-order valence-electron chi connectivity index (χ3n) is 5.04. The van der Waals surface area contributed by atoms with Crippen molar-refractivity contribution in [2.45, 2.75) is 13.3 Å². The summed E-state index contributed by atoms with van der Waals surface area (Å²) in [5.41, 5.74) is 2.00. The minimum Gasteiger partial charge on any atom is -0.423 e. The minimum atomic E-state index is -0.652. The quantitative estimate of drug-likeness (QED) is 0.284. The molecule has 6 nitrogen and oxygen atoms in total. The summed E-state index contributed by atoms with van der Waals surface area (Å²) in [4.78, 5) is 38.9. The number of halogens is 2. The van der Waals surface area contributed by atoms with Crippen molar-refractivity contribution in [3.63, 3.8) is 0 Å². The van der Waals surface area contributed by atoms with Crippen molar-refractivity contribution < 1.29 is 19.1 Å². The lowest BCUT2D eigenvalue weighted by molar-refractivity contribution is -0.120. The maximum absolute atomic E-state index is 12.9. The van der Waals surface area contributed by atoms with Crippen molar-refractivity contribution in [3.05, 3.63) is 99.7 Å². The van der Waals surface area contributed by atoms with Gasteiger partial charge in [-0.3, -0.25) is 9.59 Å². The van der Waals surface area contributed by atoms with Gasteiger partial charge in [0.15, 0.2) is 0 Å². The number of carbonyl (C=O) groups is 3. The van der Waals surface area contributed by atoms with Crippen molar-refractivity contribution in [1.82, 2.24) is 0 Å². The van der Waals surface area contributed by atoms with Crippen LogP contribution in [-0.4, -0.2) is 17.8 Å². The number of para-hydroxylation sites is 1. The molecule has 0 spiro atoms. The number of hydrogen-bond donors (Lipinski definition) is 1. The van der Waals surface area contributed by atoms with E-state index in [0.29, 0.717) is 27.7 Å². The molecule has 1 aliphatic rings. The smallest absolute Gasteiger partial charge is 0.343 e. The molecule has 0 aliphatic carbocycles. The Morgan fingerprint density at radius 1 is 0.939 bits per heavy atom. The lowest BCUT2D eigenvalue weighted by Gasteiger charge is -2.15. The molecule has 0 saturated heterocycles. The van der Waals surface area contributed by atoms with Crippen LogP contribution in [0, 0.1) is 0 Å². The molecule has 8 heteroatoms. The Kier molecular flexibility index (Phi) is 6.49. The van der Waals surface area contributed by atoms with Crippen LogP contribution in [0.1, 0.15) is 22.8 Å². The molecule has 0 saturated carbocycles. The second-order valence-corrected chi connectivity index (χ2v) is 7.98. The third-order valence-corrected chi connectivity index (χ3v) is 5.63. The largest absolute Gasteiger partial charge is 0.423 e. The minimum absolute atomic E-state index is 0.0613. The number of aryl methyl sites for hydroxylation is 1. The monoisotopic (exact) mass is 480 g/mol. The van der Waals surface area contributed by atoms with Gasteiger partial charge in [0.25, 0.3) is 11.8 Å². The molecule has 33 heavy (non-hydrogen) atoms. The Bertz CT molecular complexity index is 1290. The van der Waals surface area contributed by atoms with Gasteiger partial charge in [-0.05, 0) is 60.5 Å². The van der Waals surface area contributed by atoms with Gasteiger partial charge in [0.1, 0.15) is 16.5 Å². The van der Waals surface area contributed by atoms with Crippen molar-refractivity contribution in [2.75, 3.05) is 10.2 Å². The molecule has 0 fully saturated rings. The number of amides is 2. The Hall–Kier alpha value is -3.61. The predicted octanol–water partition coefficient (Wildman–Crippen LogP) is 5.56. The number of anilines is 2. The summed E-state index contributed by atoms with van der Waals surface area (Å²) in [5.74, 6) is -1.24. The maximum Gasteiger partial charge on any atom is 0.343 e. The van der Waals surface area contributed by atoms with Gasteiger partial charge in [0.2, 0.25) is 0 Å². The molecule has 0 aromatic heterocycles. The standard InChI is InChI=1S/C25H18Cl2N2O4/c1-2-15-6-3-4-9-20(15)33-25(32)16-10-12-18(13-11-16)28-22-21(27)23(30)29(24(22)31)19-8-5-7-17(26)14-19/h3-14,28H,2H2,1H3. The van der Waals surface area contributed by atoms with Gasteiger partial charge < -0.3 is 10.1 Å². The van der Waals surface area contributed by atoms with Gasteiger partial charge in [-0.15, -0.1) is 0 Å². The first-order valence-electron chi connectivity index (χ1n) is 10.1. The fraction of sp³-hybridized carbons (Fsp3) is 0.0800. The van der Waals surface area contributed by atoms with Crippen molar-refractivity contribution in [2.24, 2.45) is 0 Å². The number of nitrogens with zero attached hydrogens (tertiary/aromatic N) is 1. The van der Waals surface area contributed by atoms with Crippen LogP contribution >= 0.6 is 23.2 Å². The van der Waals surface area contributed by atoms with E-state index in [9.17, 15) is 14.4 Å². The van der Waals surface area contributed by atoms with Crippen LogP contribution in [0.3, 0.4) is 0 Å². The van der Waals surface area contributed by atoms with Crippen LogP contribution in [0.4, 0.5) is 11.4 Å². The molecule has 0 radical (unpaired) electrons. The van der Waals surface area contributed by atoms with Crippen molar-refractivity contribution in [3.8, 4) is 5.75 Å². The lowest BCUT2D eigenvalue weighted by Crippen LogP contribution is -2.32. The number of hydrogen-bond acceptors (Lipinski definition) is 5. The van der Waals surface area contributed by atoms with Crippen LogP contribution in [0.25, 0.3) is 0 Å². The second-order valence-electron chi connectivity index (χ2n) is 7.17. The van der Waals surface area contributed by atoms with E-state index in [-0.39, 0.29) is 10.7 Å². The van der Waals surface area contributed by atoms with Crippen LogP contribution in [0.15, 0.2) is 83.5 Å². The third kappa shape index (κ3) is 4.62. The number of ether oxygens (including phenoxy) is 1. The average Bonchev–Trinajstić information content (AvgIpc) is 3.03. The van der Waals surface area contributed by atoms with E-state index < -0.39 is 17.8 Å². The number of esters is 1. The summed E-state index contributed by atoms with van der Waals surface area (Å²) >= 11 is 12.1. The normalized spacial score (nSPS) is 13.5. The first-order valence-corrected chi connectivity index (χ1v) is 10.9. The first kappa shape index (κ1) is 22.6. The van der Waals surface area contributed by atoms with Gasteiger partial charge in [0, 0.05) is 10.7 Å². The Morgan fingerprint density at radius 3 is 2.36 bits per heavy atom. The lowest BCUT2D eigenvalue weighted by atomic mass is 10.1. The number of benzene rings is 3. The van der Waals surface area contributed by atoms with E-state index in [1.54, 1.807) is 54.6 Å². The topological polar surface area (TPSA) is 75.7 Å². The van der Waals surface area contributed by atoms with Gasteiger partial charge in [-0.25, -0.2) is 9.69 Å². The molecule has 1 aliphatic heterocycles. The number of nitrogens with one attached hydrogen (secondary N) is 1. The summed E-state index contributed by atoms with van der Waals surface area (Å²) in [6.07, 6.45) is 0.737. The molecule has 0 bridgehead atoms. The number of carbonyl (C=O) groups excluding carboxylic acids is 3. The SMILES string of the molecule is CCc1ccccc1OC(=O)c1ccc(NC2=C(Cl)C(=O)N(c3cccc(Cl)c3)C2=O)cc1. The highest BCUT2D eigenvalue weighted by molar-refractivity contribution is 6.53. The zero-order chi connectivity index (χ0) is 23.5. The molecule has 2 amide bonds. The van der Waals surface area contributed by atoms with Gasteiger partial charge in [0.05, 0.1) is 11.3 Å². The molecule has 3 aromatic carbocycles. The summed E-state index contributed by atoms with van der Waals surface area (Å²) in [6, 6.07) is 20.0. The van der Waals surface area contributed by atoms with E-state index in [4.69, 9.17) is 27.9 Å². The number of imide groups is 1. The van der Waals surface area contributed by atoms with Gasteiger partial charge >= 0.3 is 5.97 Å². The zero-order valence-corrected chi connectivity index (χ0v) is 19.0. The van der Waals surface area contributed by atoms with E-state index in [2.05, 4.69) is 5.32 Å². The fourth-order valence-electron chi connectivity index (χ4n) is 3.35. The van der Waals surface area contributed by atoms with Crippen LogP contribution in [0.5, 0.6) is 5.75 Å². The summed E-state index contributed by atoms with van der Waals surface area (Å²) in [5, 5.41) is 3.02. The molecule has 3 aromatic rings. The second kappa shape index (κ2) is 9.48. The average molecular weight is 481 g/mol. The summed E-state index contributed by atoms with van der Waals surface area (Å²) in [7, 11) is 0. The summed E-state index contributed by atoms with van der Waals surface area (Å²) < 4.78 is 5.51. The Balaban J connectivity index is 1.49. The van der Waals surface area contributed by atoms with Crippen molar-refractivity contribution >= 4 is 52.4 Å². The number of rotatable bonds is 6.